The molecule has 0 aliphatic heterocycles. The van der Waals surface area contributed by atoms with Crippen molar-refractivity contribution in [3.63, 3.8) is 0 Å². The third-order valence-corrected chi connectivity index (χ3v) is 3.53. The van der Waals surface area contributed by atoms with Gasteiger partial charge in [-0.3, -0.25) is 0 Å². The molecule has 0 aliphatic carbocycles. The summed E-state index contributed by atoms with van der Waals surface area (Å²) in [6, 6.07) is 13.3. The summed E-state index contributed by atoms with van der Waals surface area (Å²) < 4.78 is 1.73. The van der Waals surface area contributed by atoms with Gasteiger partial charge in [0.05, 0.1) is 0 Å². The largest absolute Gasteiger partial charge is 0.508 e. The predicted molar refractivity (Wildman–Crippen MR) is 84.7 cm³/mol. The van der Waals surface area contributed by atoms with E-state index in [2.05, 4.69) is 22.3 Å². The van der Waals surface area contributed by atoms with Crippen LogP contribution in [0.25, 0.3) is 5.82 Å². The molecule has 0 spiro atoms. The van der Waals surface area contributed by atoms with Crippen LogP contribution in [0.4, 0.5) is 0 Å². The highest BCUT2D eigenvalue weighted by atomic mass is 16.3. The number of phenols is 1. The molecule has 22 heavy (non-hydrogen) atoms. The molecule has 0 saturated carbocycles. The third kappa shape index (κ3) is 3.32. The van der Waals surface area contributed by atoms with Gasteiger partial charge in [-0.15, -0.1) is 0 Å². The Morgan fingerprint density at radius 2 is 2.14 bits per heavy atom. The summed E-state index contributed by atoms with van der Waals surface area (Å²) >= 11 is 0. The van der Waals surface area contributed by atoms with E-state index in [-0.39, 0.29) is 11.8 Å². The highest BCUT2D eigenvalue weighted by molar-refractivity contribution is 5.29. The molecule has 2 aromatic heterocycles. The first-order valence-electron chi connectivity index (χ1n) is 7.19. The Morgan fingerprint density at radius 3 is 2.82 bits per heavy atom. The van der Waals surface area contributed by atoms with Crippen molar-refractivity contribution in [2.45, 2.75) is 19.5 Å². The van der Waals surface area contributed by atoms with Crippen LogP contribution in [0.1, 0.15) is 24.1 Å². The average molecular weight is 294 g/mol. The minimum Gasteiger partial charge on any atom is -0.508 e. The van der Waals surface area contributed by atoms with Crippen LogP contribution in [0.15, 0.2) is 61.1 Å². The normalized spacial score (nSPS) is 12.2. The van der Waals surface area contributed by atoms with E-state index in [0.29, 0.717) is 6.54 Å². The lowest BCUT2D eigenvalue weighted by atomic mass is 10.1. The summed E-state index contributed by atoms with van der Waals surface area (Å²) in [6.07, 6.45) is 5.44. The first-order valence-corrected chi connectivity index (χ1v) is 7.19. The summed E-state index contributed by atoms with van der Waals surface area (Å²) in [5.41, 5.74) is 2.16. The molecule has 0 bridgehead atoms. The van der Waals surface area contributed by atoms with Crippen LogP contribution in [-0.2, 0) is 6.54 Å². The van der Waals surface area contributed by atoms with Crippen molar-refractivity contribution < 1.29 is 5.11 Å². The number of aromatic hydroxyl groups is 1. The van der Waals surface area contributed by atoms with E-state index < -0.39 is 0 Å². The summed E-state index contributed by atoms with van der Waals surface area (Å²) in [5, 5.41) is 17.1. The van der Waals surface area contributed by atoms with E-state index >= 15 is 0 Å². The Hall–Kier alpha value is -2.66. The Bertz CT molecular complexity index is 723. The monoisotopic (exact) mass is 294 g/mol. The zero-order valence-electron chi connectivity index (χ0n) is 12.3. The van der Waals surface area contributed by atoms with Gasteiger partial charge in [0.2, 0.25) is 0 Å². The molecule has 3 aromatic rings. The number of nitrogens with zero attached hydrogens (tertiary/aromatic N) is 3. The molecule has 112 valence electrons. The summed E-state index contributed by atoms with van der Waals surface area (Å²) in [5.74, 6) is 1.09. The zero-order chi connectivity index (χ0) is 15.4. The second kappa shape index (κ2) is 6.41. The maximum absolute atomic E-state index is 9.52. The second-order valence-corrected chi connectivity index (χ2v) is 5.17. The molecule has 1 unspecified atom stereocenters. The summed E-state index contributed by atoms with van der Waals surface area (Å²) in [6.45, 7) is 2.78. The highest BCUT2D eigenvalue weighted by Gasteiger charge is 2.06. The summed E-state index contributed by atoms with van der Waals surface area (Å²) in [4.78, 5) is 4.41. The van der Waals surface area contributed by atoms with Gasteiger partial charge in [0.25, 0.3) is 0 Å². The first-order chi connectivity index (χ1) is 10.7. The van der Waals surface area contributed by atoms with Crippen molar-refractivity contribution in [2.24, 2.45) is 0 Å². The van der Waals surface area contributed by atoms with Crippen molar-refractivity contribution in [3.05, 3.63) is 72.2 Å². The number of aromatic nitrogens is 3. The van der Waals surface area contributed by atoms with E-state index in [9.17, 15) is 5.11 Å². The Labute approximate surface area is 129 Å². The number of pyridine rings is 1. The molecule has 3 rings (SSSR count). The fourth-order valence-electron chi connectivity index (χ4n) is 2.24. The smallest absolute Gasteiger partial charge is 0.153 e. The van der Waals surface area contributed by atoms with E-state index in [4.69, 9.17) is 0 Å². The fraction of sp³-hybridized carbons (Fsp3) is 0.176. The number of nitrogens with one attached hydrogen (secondary N) is 1. The maximum Gasteiger partial charge on any atom is 0.153 e. The Balaban J connectivity index is 1.62. The first kappa shape index (κ1) is 14.3. The molecule has 0 fully saturated rings. The van der Waals surface area contributed by atoms with Crippen molar-refractivity contribution in [3.8, 4) is 11.6 Å². The van der Waals surface area contributed by atoms with E-state index in [1.807, 2.05) is 42.7 Å². The lowest BCUT2D eigenvalue weighted by Gasteiger charge is -2.14. The molecule has 0 saturated heterocycles. The minimum atomic E-state index is 0.151. The predicted octanol–water partition coefficient (Wildman–Crippen LogP) is 2.82. The molecule has 5 nitrogen and oxygen atoms in total. The molecular formula is C17H18N4O. The lowest BCUT2D eigenvalue weighted by Crippen LogP contribution is -2.18. The van der Waals surface area contributed by atoms with Crippen molar-refractivity contribution >= 4 is 0 Å². The number of hydrogen-bond acceptors (Lipinski definition) is 4. The lowest BCUT2D eigenvalue weighted by molar-refractivity contribution is 0.472. The number of hydrogen-bond donors (Lipinski definition) is 2. The molecule has 5 heteroatoms. The van der Waals surface area contributed by atoms with Gasteiger partial charge in [0, 0.05) is 31.2 Å². The van der Waals surface area contributed by atoms with Gasteiger partial charge >= 0.3 is 0 Å². The minimum absolute atomic E-state index is 0.151. The molecule has 2 heterocycles. The van der Waals surface area contributed by atoms with Crippen molar-refractivity contribution in [1.29, 1.82) is 0 Å². The number of benzene rings is 1. The quantitative estimate of drug-likeness (QED) is 0.759. The Kier molecular flexibility index (Phi) is 4.16. The van der Waals surface area contributed by atoms with Gasteiger partial charge in [-0.25, -0.2) is 9.67 Å². The van der Waals surface area contributed by atoms with Gasteiger partial charge in [-0.2, -0.15) is 5.10 Å². The maximum atomic E-state index is 9.52. The second-order valence-electron chi connectivity index (χ2n) is 5.17. The average Bonchev–Trinajstić information content (AvgIpc) is 3.07. The molecular weight excluding hydrogens is 276 g/mol. The Morgan fingerprint density at radius 1 is 1.23 bits per heavy atom. The fourth-order valence-corrected chi connectivity index (χ4v) is 2.24. The van der Waals surface area contributed by atoms with E-state index in [1.54, 1.807) is 23.0 Å². The molecule has 2 N–H and O–H groups in total. The van der Waals surface area contributed by atoms with E-state index in [1.165, 1.54) is 0 Å². The molecule has 0 aliphatic rings. The molecule has 0 radical (unpaired) electrons. The van der Waals surface area contributed by atoms with Crippen LogP contribution < -0.4 is 5.32 Å². The molecule has 0 amide bonds. The van der Waals surface area contributed by atoms with Crippen LogP contribution in [0.5, 0.6) is 5.75 Å². The van der Waals surface area contributed by atoms with Gasteiger partial charge in [0.1, 0.15) is 5.75 Å². The SMILES string of the molecule is CC(NCc1ccc(-n2cccn2)nc1)c1cccc(O)c1. The molecule has 1 atom stereocenters. The van der Waals surface area contributed by atoms with Crippen molar-refractivity contribution in [2.75, 3.05) is 0 Å². The van der Waals surface area contributed by atoms with Crippen LogP contribution in [0.2, 0.25) is 0 Å². The number of phenolic OH excluding ortho intramolecular Hbond substituents is 1. The standard InChI is InChI=1S/C17H18N4O/c1-13(15-4-2-5-16(22)10-15)18-11-14-6-7-17(19-12-14)21-9-3-8-20-21/h2-10,12-13,18,22H,11H2,1H3. The van der Waals surface area contributed by atoms with E-state index in [0.717, 1.165) is 16.9 Å². The van der Waals surface area contributed by atoms with Gasteiger partial charge in [0.15, 0.2) is 5.82 Å². The van der Waals surface area contributed by atoms with Crippen LogP contribution >= 0.6 is 0 Å². The highest BCUT2D eigenvalue weighted by Crippen LogP contribution is 2.18. The van der Waals surface area contributed by atoms with Crippen LogP contribution in [-0.4, -0.2) is 19.9 Å². The van der Waals surface area contributed by atoms with Gasteiger partial charge in [-0.1, -0.05) is 18.2 Å². The number of rotatable bonds is 5. The van der Waals surface area contributed by atoms with Crippen LogP contribution in [0.3, 0.4) is 0 Å². The topological polar surface area (TPSA) is 63.0 Å². The molecule has 1 aromatic carbocycles. The zero-order valence-corrected chi connectivity index (χ0v) is 12.3. The van der Waals surface area contributed by atoms with Crippen LogP contribution in [0, 0.1) is 0 Å². The third-order valence-electron chi connectivity index (χ3n) is 3.53. The van der Waals surface area contributed by atoms with Gasteiger partial charge < -0.3 is 10.4 Å². The van der Waals surface area contributed by atoms with Crippen molar-refractivity contribution in [1.82, 2.24) is 20.1 Å². The van der Waals surface area contributed by atoms with Gasteiger partial charge in [-0.05, 0) is 42.3 Å². The summed E-state index contributed by atoms with van der Waals surface area (Å²) in [7, 11) is 0.